The molecule has 1 N–H and O–H groups in total. The molecule has 0 aliphatic heterocycles. The van der Waals surface area contributed by atoms with Gasteiger partial charge >= 0.3 is 0 Å². The summed E-state index contributed by atoms with van der Waals surface area (Å²) in [5.74, 6) is -0.0618. The van der Waals surface area contributed by atoms with Gasteiger partial charge in [-0.25, -0.2) is 4.98 Å². The van der Waals surface area contributed by atoms with Crippen molar-refractivity contribution in [2.24, 2.45) is 0 Å². The Bertz CT molecular complexity index is 721. The summed E-state index contributed by atoms with van der Waals surface area (Å²) >= 11 is 4.84. The highest BCUT2D eigenvalue weighted by molar-refractivity contribution is 9.10. The lowest BCUT2D eigenvalue weighted by Crippen LogP contribution is -2.21. The number of rotatable bonds is 3. The van der Waals surface area contributed by atoms with Crippen LogP contribution in [0, 0.1) is 0 Å². The molecule has 0 saturated carbocycles. The quantitative estimate of drug-likeness (QED) is 0.799. The third-order valence-corrected chi connectivity index (χ3v) is 3.98. The maximum absolute atomic E-state index is 11.8. The maximum Gasteiger partial charge on any atom is 0.261 e. The number of fused-ring (bicyclic) bond motifs is 1. The molecule has 0 saturated heterocycles. The van der Waals surface area contributed by atoms with Crippen LogP contribution in [0.25, 0.3) is 5.65 Å². The number of hydrogen-bond acceptors (Lipinski definition) is 3. The molecule has 0 aromatic carbocycles. The lowest BCUT2D eigenvalue weighted by atomic mass is 10.4. The zero-order chi connectivity index (χ0) is 13.2. The van der Waals surface area contributed by atoms with Gasteiger partial charge in [-0.05, 0) is 39.5 Å². The van der Waals surface area contributed by atoms with E-state index in [0.29, 0.717) is 11.4 Å². The molecule has 0 fully saturated rings. The molecule has 0 radical (unpaired) electrons. The summed E-state index contributed by atoms with van der Waals surface area (Å²) in [7, 11) is 0. The van der Waals surface area contributed by atoms with Crippen LogP contribution in [0.5, 0.6) is 0 Å². The normalized spacial score (nSPS) is 10.8. The largest absolute Gasteiger partial charge is 0.346 e. The molecule has 0 spiro atoms. The molecule has 96 valence electrons. The van der Waals surface area contributed by atoms with E-state index in [0.717, 1.165) is 15.8 Å². The van der Waals surface area contributed by atoms with Gasteiger partial charge in [-0.2, -0.15) is 0 Å². The Kier molecular flexibility index (Phi) is 3.35. The first-order valence-electron chi connectivity index (χ1n) is 5.67. The van der Waals surface area contributed by atoms with Crippen LogP contribution in [0.3, 0.4) is 0 Å². The van der Waals surface area contributed by atoms with E-state index in [1.165, 1.54) is 11.3 Å². The molecule has 1 amide bonds. The molecule has 4 nitrogen and oxygen atoms in total. The molecule has 0 unspecified atom stereocenters. The fourth-order valence-electron chi connectivity index (χ4n) is 1.77. The zero-order valence-corrected chi connectivity index (χ0v) is 12.2. The first-order chi connectivity index (χ1) is 9.22. The van der Waals surface area contributed by atoms with E-state index in [4.69, 9.17) is 0 Å². The van der Waals surface area contributed by atoms with Gasteiger partial charge in [0.15, 0.2) is 0 Å². The second-order valence-electron chi connectivity index (χ2n) is 4.01. The standard InChI is InChI=1S/C13H10BrN3OS/c14-9-3-4-12-16-10(8-17(12)7-9)6-15-13(18)11-2-1-5-19-11/h1-5,7-8H,6H2,(H,15,18). The fourth-order valence-corrected chi connectivity index (χ4v) is 2.76. The van der Waals surface area contributed by atoms with Crippen LogP contribution in [-0.2, 0) is 6.54 Å². The molecule has 3 aromatic rings. The van der Waals surface area contributed by atoms with E-state index in [1.807, 2.05) is 40.4 Å². The van der Waals surface area contributed by atoms with E-state index >= 15 is 0 Å². The molecule has 0 aliphatic rings. The van der Waals surface area contributed by atoms with Crippen molar-refractivity contribution in [3.05, 3.63) is 57.1 Å². The van der Waals surface area contributed by atoms with Crippen molar-refractivity contribution in [2.75, 3.05) is 0 Å². The van der Waals surface area contributed by atoms with Crippen molar-refractivity contribution in [1.82, 2.24) is 14.7 Å². The first kappa shape index (κ1) is 12.4. The highest BCUT2D eigenvalue weighted by atomic mass is 79.9. The van der Waals surface area contributed by atoms with E-state index in [1.54, 1.807) is 6.07 Å². The molecule has 6 heteroatoms. The maximum atomic E-state index is 11.8. The predicted octanol–water partition coefficient (Wildman–Crippen LogP) is 3.09. The Morgan fingerprint density at radius 1 is 1.37 bits per heavy atom. The number of imidazole rings is 1. The minimum absolute atomic E-state index is 0.0618. The number of nitrogens with zero attached hydrogens (tertiary/aromatic N) is 2. The molecule has 3 rings (SSSR count). The minimum Gasteiger partial charge on any atom is -0.346 e. The second kappa shape index (κ2) is 5.14. The molecule has 0 atom stereocenters. The number of carbonyl (C=O) groups excluding carboxylic acids is 1. The van der Waals surface area contributed by atoms with E-state index < -0.39 is 0 Å². The molecule has 0 bridgehead atoms. The van der Waals surface area contributed by atoms with Crippen molar-refractivity contribution < 1.29 is 4.79 Å². The van der Waals surface area contributed by atoms with Gasteiger partial charge in [-0.1, -0.05) is 6.07 Å². The first-order valence-corrected chi connectivity index (χ1v) is 7.34. The SMILES string of the molecule is O=C(NCc1cn2cc(Br)ccc2n1)c1cccs1. The van der Waals surface area contributed by atoms with Crippen LogP contribution in [0.1, 0.15) is 15.4 Å². The number of carbonyl (C=O) groups is 1. The Balaban J connectivity index is 1.73. The van der Waals surface area contributed by atoms with Gasteiger partial charge in [-0.3, -0.25) is 4.79 Å². The van der Waals surface area contributed by atoms with Crippen molar-refractivity contribution in [3.63, 3.8) is 0 Å². The van der Waals surface area contributed by atoms with Crippen LogP contribution >= 0.6 is 27.3 Å². The number of hydrogen-bond donors (Lipinski definition) is 1. The Hall–Kier alpha value is -1.66. The summed E-state index contributed by atoms with van der Waals surface area (Å²) < 4.78 is 2.92. The number of nitrogens with one attached hydrogen (secondary N) is 1. The van der Waals surface area contributed by atoms with Gasteiger partial charge in [0.25, 0.3) is 5.91 Å². The monoisotopic (exact) mass is 335 g/mol. The van der Waals surface area contributed by atoms with E-state index in [2.05, 4.69) is 26.2 Å². The summed E-state index contributed by atoms with van der Waals surface area (Å²) in [6, 6.07) is 7.54. The number of pyridine rings is 1. The van der Waals surface area contributed by atoms with E-state index in [-0.39, 0.29) is 5.91 Å². The van der Waals surface area contributed by atoms with Gasteiger partial charge in [-0.15, -0.1) is 11.3 Å². The molecule has 3 aromatic heterocycles. The lowest BCUT2D eigenvalue weighted by molar-refractivity contribution is 0.0954. The average molecular weight is 336 g/mol. The van der Waals surface area contributed by atoms with Gasteiger partial charge < -0.3 is 9.72 Å². The summed E-state index contributed by atoms with van der Waals surface area (Å²) in [6.07, 6.45) is 3.85. The van der Waals surface area contributed by atoms with Crippen LogP contribution in [-0.4, -0.2) is 15.3 Å². The van der Waals surface area contributed by atoms with Crippen molar-refractivity contribution in [1.29, 1.82) is 0 Å². The third kappa shape index (κ3) is 2.69. The van der Waals surface area contributed by atoms with Gasteiger partial charge in [0.05, 0.1) is 17.1 Å². The van der Waals surface area contributed by atoms with Gasteiger partial charge in [0.2, 0.25) is 0 Å². The van der Waals surface area contributed by atoms with Gasteiger partial charge in [0, 0.05) is 16.9 Å². The van der Waals surface area contributed by atoms with Crippen LogP contribution in [0.15, 0.2) is 46.5 Å². The summed E-state index contributed by atoms with van der Waals surface area (Å²) in [6.45, 7) is 0.427. The molecular weight excluding hydrogens is 326 g/mol. The van der Waals surface area contributed by atoms with Gasteiger partial charge in [0.1, 0.15) is 5.65 Å². The Labute approximate surface area is 122 Å². The van der Waals surface area contributed by atoms with Crippen LogP contribution in [0.4, 0.5) is 0 Å². The lowest BCUT2D eigenvalue weighted by Gasteiger charge is -1.99. The van der Waals surface area contributed by atoms with Crippen molar-refractivity contribution in [2.45, 2.75) is 6.54 Å². The smallest absolute Gasteiger partial charge is 0.261 e. The average Bonchev–Trinajstić information content (AvgIpc) is 3.04. The Morgan fingerprint density at radius 2 is 2.26 bits per heavy atom. The topological polar surface area (TPSA) is 46.4 Å². The van der Waals surface area contributed by atoms with Crippen LogP contribution < -0.4 is 5.32 Å². The fraction of sp³-hybridized carbons (Fsp3) is 0.0769. The predicted molar refractivity (Wildman–Crippen MR) is 78.4 cm³/mol. The summed E-state index contributed by atoms with van der Waals surface area (Å²) in [5, 5.41) is 4.75. The Morgan fingerprint density at radius 3 is 3.05 bits per heavy atom. The molecule has 3 heterocycles. The molecule has 19 heavy (non-hydrogen) atoms. The summed E-state index contributed by atoms with van der Waals surface area (Å²) in [4.78, 5) is 17.0. The highest BCUT2D eigenvalue weighted by Crippen LogP contribution is 2.13. The molecular formula is C13H10BrN3OS. The highest BCUT2D eigenvalue weighted by Gasteiger charge is 2.07. The van der Waals surface area contributed by atoms with Crippen molar-refractivity contribution >= 4 is 38.8 Å². The number of aromatic nitrogens is 2. The number of thiophene rings is 1. The number of amides is 1. The number of halogens is 1. The zero-order valence-electron chi connectivity index (χ0n) is 9.84. The van der Waals surface area contributed by atoms with Crippen molar-refractivity contribution in [3.8, 4) is 0 Å². The second-order valence-corrected chi connectivity index (χ2v) is 5.87. The van der Waals surface area contributed by atoms with E-state index in [9.17, 15) is 4.79 Å². The molecule has 0 aliphatic carbocycles. The summed E-state index contributed by atoms with van der Waals surface area (Å²) in [5.41, 5.74) is 1.70. The minimum atomic E-state index is -0.0618. The third-order valence-electron chi connectivity index (χ3n) is 2.64. The van der Waals surface area contributed by atoms with Crippen LogP contribution in [0.2, 0.25) is 0 Å².